The van der Waals surface area contributed by atoms with E-state index in [-0.39, 0.29) is 41.4 Å². The van der Waals surface area contributed by atoms with Crippen molar-refractivity contribution in [1.29, 1.82) is 0 Å². The molecule has 232 valence electrons. The van der Waals surface area contributed by atoms with Gasteiger partial charge in [-0.1, -0.05) is 70.2 Å². The number of carbonyl (C=O) groups is 4. The van der Waals surface area contributed by atoms with Gasteiger partial charge in [0.15, 0.2) is 23.0 Å². The van der Waals surface area contributed by atoms with Crippen LogP contribution in [0, 0.1) is 22.7 Å². The van der Waals surface area contributed by atoms with Crippen LogP contribution < -0.4 is 0 Å². The first-order valence-corrected chi connectivity index (χ1v) is 15.1. The first-order valence-electron chi connectivity index (χ1n) is 15.1. The van der Waals surface area contributed by atoms with Crippen molar-refractivity contribution in [2.24, 2.45) is 22.7 Å². The number of fused-ring (bicyclic) bond motifs is 4. The van der Waals surface area contributed by atoms with E-state index in [2.05, 4.69) is 0 Å². The van der Waals surface area contributed by atoms with E-state index in [0.717, 1.165) is 23.3 Å². The van der Waals surface area contributed by atoms with Gasteiger partial charge in [0.25, 0.3) is 0 Å². The largest absolute Gasteiger partial charge is 0.511 e. The van der Waals surface area contributed by atoms with E-state index >= 15 is 0 Å². The van der Waals surface area contributed by atoms with Crippen LogP contribution >= 0.6 is 0 Å². The molecule has 3 aliphatic rings. The van der Waals surface area contributed by atoms with E-state index in [1.165, 1.54) is 13.0 Å². The number of aliphatic hydroxyl groups is 3. The van der Waals surface area contributed by atoms with Gasteiger partial charge in [-0.3, -0.25) is 19.2 Å². The van der Waals surface area contributed by atoms with E-state index in [4.69, 9.17) is 0 Å². The Kier molecular flexibility index (Phi) is 6.58. The summed E-state index contributed by atoms with van der Waals surface area (Å²) < 4.78 is 0. The Hall–Kier alpha value is -4.56. The van der Waals surface area contributed by atoms with Crippen molar-refractivity contribution in [3.8, 4) is 16.9 Å². The van der Waals surface area contributed by atoms with Crippen molar-refractivity contribution in [1.82, 2.24) is 0 Å². The van der Waals surface area contributed by atoms with Crippen molar-refractivity contribution in [2.45, 2.75) is 60.0 Å². The monoisotopic (exact) mass is 608 g/mol. The summed E-state index contributed by atoms with van der Waals surface area (Å²) in [5, 5.41) is 48.1. The van der Waals surface area contributed by atoms with Gasteiger partial charge in [0.2, 0.25) is 5.78 Å². The van der Waals surface area contributed by atoms with E-state index in [1.54, 1.807) is 39.8 Å². The zero-order valence-electron chi connectivity index (χ0n) is 26.1. The van der Waals surface area contributed by atoms with Crippen molar-refractivity contribution in [2.75, 3.05) is 0 Å². The summed E-state index contributed by atoms with van der Waals surface area (Å²) in [6.07, 6.45) is 0.152. The molecule has 0 saturated heterocycles. The number of benzene rings is 3. The van der Waals surface area contributed by atoms with Crippen LogP contribution in [0.3, 0.4) is 0 Å². The summed E-state index contributed by atoms with van der Waals surface area (Å²) in [4.78, 5) is 53.3. The summed E-state index contributed by atoms with van der Waals surface area (Å²) in [5.74, 6) is -5.57. The molecule has 0 amide bonds. The Morgan fingerprint density at radius 2 is 1.49 bits per heavy atom. The van der Waals surface area contributed by atoms with Crippen LogP contribution in [0.1, 0.15) is 74.2 Å². The van der Waals surface area contributed by atoms with Crippen molar-refractivity contribution in [3.63, 3.8) is 0 Å². The van der Waals surface area contributed by atoms with Crippen LogP contribution in [0.2, 0.25) is 0 Å². The highest BCUT2D eigenvalue weighted by molar-refractivity contribution is 6.25. The number of ketones is 4. The number of rotatable bonds is 4. The van der Waals surface area contributed by atoms with Gasteiger partial charge in [0.05, 0.1) is 5.56 Å². The number of phenolic OH excluding ortho intramolecular Hbond substituents is 1. The number of Topliss-reactive ketones (excluding diaryl/α,β-unsaturated/α-hetero) is 4. The number of allylic oxidation sites excluding steroid dienone is 2. The first kappa shape index (κ1) is 30.5. The molecule has 4 N–H and O–H groups in total. The minimum atomic E-state index is -2.66. The second-order valence-corrected chi connectivity index (χ2v) is 13.7. The number of aromatic hydroxyl groups is 1. The van der Waals surface area contributed by atoms with Crippen LogP contribution in [0.15, 0.2) is 71.2 Å². The van der Waals surface area contributed by atoms with Crippen molar-refractivity contribution >= 4 is 33.9 Å². The lowest BCUT2D eigenvalue weighted by atomic mass is 9.44. The predicted molar refractivity (Wildman–Crippen MR) is 168 cm³/mol. The molecular weight excluding hydrogens is 572 g/mol. The summed E-state index contributed by atoms with van der Waals surface area (Å²) in [7, 11) is 0. The van der Waals surface area contributed by atoms with E-state index in [0.29, 0.717) is 16.7 Å². The molecule has 0 heterocycles. The summed E-state index contributed by atoms with van der Waals surface area (Å²) in [6, 6.07) is 14.1. The maximum absolute atomic E-state index is 14.4. The molecule has 0 spiro atoms. The molecule has 0 fully saturated rings. The van der Waals surface area contributed by atoms with Gasteiger partial charge in [-0.25, -0.2) is 0 Å². The van der Waals surface area contributed by atoms with Gasteiger partial charge in [-0.05, 0) is 66.1 Å². The molecule has 0 saturated carbocycles. The highest BCUT2D eigenvalue weighted by Gasteiger charge is 2.71. The molecule has 45 heavy (non-hydrogen) atoms. The number of aliphatic hydroxyl groups excluding tert-OH is 2. The lowest BCUT2D eigenvalue weighted by molar-refractivity contribution is -0.171. The molecule has 0 aliphatic heterocycles. The number of phenols is 1. The van der Waals surface area contributed by atoms with Crippen LogP contribution in [0.25, 0.3) is 21.9 Å². The minimum Gasteiger partial charge on any atom is -0.511 e. The average molecular weight is 609 g/mol. The third kappa shape index (κ3) is 3.81. The zero-order chi connectivity index (χ0) is 33.0. The molecule has 4 atom stereocenters. The SMILES string of the molecule is CC(=O)C1=C(O)C(C(C)C)[C@@]2(C)C[C@@]3(C)Cc4c(-c5ccc(C(C)=O)c6ccccc56)ccc(O)c4C(=O)C3=C(O)[C@@]2(O)C1=O. The standard InChI is InChI=1S/C37H36O8/c1-17(2)29-31(41)27(19(4)39)33(43)37(45)34(44)30-32(42)28-25(15-35(30,5)16-36(29,37)6)24(13-14-26(28)40)23-12-11-20(18(3)38)21-9-7-8-10-22(21)23/h7-14,17,29,40-41,44-45H,15-16H2,1-6H3/t29?,35-,36-,37+/m1/s1. The van der Waals surface area contributed by atoms with E-state index in [1.807, 2.05) is 30.3 Å². The zero-order valence-corrected chi connectivity index (χ0v) is 26.1. The fraction of sp³-hybridized carbons (Fsp3) is 0.351. The minimum absolute atomic E-state index is 0.00399. The van der Waals surface area contributed by atoms with Crippen LogP contribution in [-0.4, -0.2) is 49.2 Å². The topological polar surface area (TPSA) is 149 Å². The van der Waals surface area contributed by atoms with Gasteiger partial charge >= 0.3 is 0 Å². The maximum Gasteiger partial charge on any atom is 0.209 e. The Balaban J connectivity index is 1.64. The maximum atomic E-state index is 14.4. The normalized spacial score (nSPS) is 27.9. The van der Waals surface area contributed by atoms with E-state index < -0.39 is 56.8 Å². The number of carbonyl (C=O) groups excluding carboxylic acids is 4. The van der Waals surface area contributed by atoms with Gasteiger partial charge < -0.3 is 20.4 Å². The summed E-state index contributed by atoms with van der Waals surface area (Å²) in [6.45, 7) is 9.59. The number of hydrogen-bond donors (Lipinski definition) is 4. The predicted octanol–water partition coefficient (Wildman–Crippen LogP) is 6.37. The smallest absolute Gasteiger partial charge is 0.209 e. The molecule has 3 aromatic rings. The molecule has 1 unspecified atom stereocenters. The Morgan fingerprint density at radius 3 is 2.09 bits per heavy atom. The quantitative estimate of drug-likeness (QED) is 0.197. The summed E-state index contributed by atoms with van der Waals surface area (Å²) >= 11 is 0. The van der Waals surface area contributed by atoms with Crippen molar-refractivity contribution < 1.29 is 39.6 Å². The van der Waals surface area contributed by atoms with Crippen LogP contribution in [0.5, 0.6) is 5.75 Å². The molecule has 8 heteroatoms. The average Bonchev–Trinajstić information content (AvgIpc) is 2.94. The molecule has 3 aliphatic carbocycles. The second-order valence-electron chi connectivity index (χ2n) is 13.7. The molecule has 8 nitrogen and oxygen atoms in total. The third-order valence-corrected chi connectivity index (χ3v) is 10.5. The first-order chi connectivity index (χ1) is 21.0. The molecule has 6 rings (SSSR count). The fourth-order valence-electron chi connectivity index (χ4n) is 8.83. The van der Waals surface area contributed by atoms with Crippen LogP contribution in [-0.2, 0) is 16.0 Å². The molecule has 0 aromatic heterocycles. The molecule has 0 bridgehead atoms. The van der Waals surface area contributed by atoms with Gasteiger partial charge in [-0.15, -0.1) is 0 Å². The molecule has 0 radical (unpaired) electrons. The highest BCUT2D eigenvalue weighted by atomic mass is 16.3. The molecule has 3 aromatic carbocycles. The number of hydrogen-bond acceptors (Lipinski definition) is 8. The molecular formula is C37H36O8. The van der Waals surface area contributed by atoms with Crippen LogP contribution in [0.4, 0.5) is 0 Å². The second kappa shape index (κ2) is 9.72. The van der Waals surface area contributed by atoms with Gasteiger partial charge in [0, 0.05) is 27.9 Å². The van der Waals surface area contributed by atoms with Crippen molar-refractivity contribution in [3.05, 3.63) is 87.9 Å². The Labute approximate surface area is 260 Å². The Morgan fingerprint density at radius 1 is 0.867 bits per heavy atom. The fourth-order valence-corrected chi connectivity index (χ4v) is 8.83. The lowest BCUT2D eigenvalue weighted by Crippen LogP contribution is -2.67. The van der Waals surface area contributed by atoms with E-state index in [9.17, 15) is 39.6 Å². The lowest BCUT2D eigenvalue weighted by Gasteiger charge is -2.59. The highest BCUT2D eigenvalue weighted by Crippen LogP contribution is 2.65. The summed E-state index contributed by atoms with van der Waals surface area (Å²) in [5.41, 5.74) is -3.65. The van der Waals surface area contributed by atoms with Gasteiger partial charge in [0.1, 0.15) is 22.8 Å². The van der Waals surface area contributed by atoms with Gasteiger partial charge in [-0.2, -0.15) is 0 Å². The Bertz CT molecular complexity index is 1960. The third-order valence-electron chi connectivity index (χ3n) is 10.5.